The van der Waals surface area contributed by atoms with Gasteiger partial charge in [-0.3, -0.25) is 72.1 Å². The summed E-state index contributed by atoms with van der Waals surface area (Å²) in [5, 5.41) is 43.6. The van der Waals surface area contributed by atoms with Crippen LogP contribution in [0.15, 0.2) is 66.2 Å². The van der Waals surface area contributed by atoms with Crippen LogP contribution in [0, 0.1) is 0 Å². The summed E-state index contributed by atoms with van der Waals surface area (Å²) in [5.41, 5.74) is 24.7. The number of para-hydroxylation sites is 1. The van der Waals surface area contributed by atoms with Gasteiger partial charge < -0.3 is 101 Å². The van der Waals surface area contributed by atoms with Gasteiger partial charge in [-0.15, -0.1) is 0 Å². The highest BCUT2D eigenvalue weighted by atomic mass is 35.5. The number of carboxylic acids is 2. The van der Waals surface area contributed by atoms with E-state index in [1.54, 1.807) is 30.5 Å². The van der Waals surface area contributed by atoms with Crippen LogP contribution in [0.3, 0.4) is 0 Å². The van der Waals surface area contributed by atoms with Crippen LogP contribution in [0.4, 0.5) is 0 Å². The molecule has 3 aliphatic rings. The van der Waals surface area contributed by atoms with Gasteiger partial charge in [0.05, 0.1) is 47.5 Å². The van der Waals surface area contributed by atoms with Gasteiger partial charge in [0.25, 0.3) is 0 Å². The number of aromatic nitrogens is 3. The Kier molecular flexibility index (Phi) is 32.0. The van der Waals surface area contributed by atoms with Crippen molar-refractivity contribution in [3.63, 3.8) is 0 Å². The summed E-state index contributed by atoms with van der Waals surface area (Å²) in [6.07, 6.45) is 3.08. The number of benzene rings is 2. The molecule has 11 amide bonds. The number of imidazole rings is 1. The van der Waals surface area contributed by atoms with E-state index >= 15 is 14.4 Å². The van der Waals surface area contributed by atoms with Crippen LogP contribution in [-0.4, -0.2) is 234 Å². The molecule has 35 nitrogen and oxygen atoms in total. The topological polar surface area (TPSA) is 555 Å². The molecule has 0 spiro atoms. The van der Waals surface area contributed by atoms with E-state index < -0.39 is 175 Å². The Bertz CT molecular complexity index is 3830. The molecule has 0 unspecified atom stereocenters. The average molecular weight is 1540 g/mol. The molecule has 2 aromatic heterocycles. The number of carbonyl (C=O) groups is 14. The summed E-state index contributed by atoms with van der Waals surface area (Å²) in [7, 11) is 1.85. The molecule has 3 saturated heterocycles. The predicted molar refractivity (Wildman–Crippen MR) is 388 cm³/mol. The van der Waals surface area contributed by atoms with Gasteiger partial charge in [-0.05, 0) is 100 Å². The lowest BCUT2D eigenvalue weighted by Crippen LogP contribution is -2.60. The quantitative estimate of drug-likeness (QED) is 0.0140. The zero-order valence-corrected chi connectivity index (χ0v) is 60.6. The van der Waals surface area contributed by atoms with Gasteiger partial charge in [0.2, 0.25) is 65.0 Å². The zero-order valence-electron chi connectivity index (χ0n) is 57.5. The maximum atomic E-state index is 15.2. The number of carboxylic acid groups (broad SMARTS) is 2. The molecule has 0 aliphatic carbocycles. The number of nitrogens with one attached hydrogen (secondary N) is 11. The van der Waals surface area contributed by atoms with Gasteiger partial charge in [-0.1, -0.05) is 69.1 Å². The molecule has 7 rings (SSSR count). The van der Waals surface area contributed by atoms with Gasteiger partial charge in [-0.25, -0.2) is 4.98 Å². The van der Waals surface area contributed by atoms with Crippen molar-refractivity contribution in [1.29, 1.82) is 0 Å². The summed E-state index contributed by atoms with van der Waals surface area (Å²) < 4.78 is 0. The van der Waals surface area contributed by atoms with Gasteiger partial charge >= 0.3 is 11.9 Å². The Labute approximate surface area is 621 Å². The first kappa shape index (κ1) is 82.7. The van der Waals surface area contributed by atoms with Gasteiger partial charge in [0.15, 0.2) is 11.7 Å². The number of hydrogen-bond donors (Lipinski definition) is 17. The Morgan fingerprint density at radius 1 is 0.705 bits per heavy atom. The molecular weight excluding hydrogens is 1450 g/mol. The second-order valence-corrected chi connectivity index (χ2v) is 28.8. The monoisotopic (exact) mass is 1540 g/mol. The molecule has 39 heteroatoms. The molecule has 105 heavy (non-hydrogen) atoms. The smallest absolute Gasteiger partial charge is 0.305 e. The van der Waals surface area contributed by atoms with Crippen molar-refractivity contribution >= 4 is 144 Å². The van der Waals surface area contributed by atoms with E-state index in [4.69, 9.17) is 46.1 Å². The van der Waals surface area contributed by atoms with Gasteiger partial charge in [0, 0.05) is 92.7 Å². The van der Waals surface area contributed by atoms with Crippen molar-refractivity contribution < 1.29 is 77.3 Å². The first-order valence-electron chi connectivity index (χ1n) is 34.1. The number of fused-ring (bicyclic) bond motifs is 1. The van der Waals surface area contributed by atoms with Gasteiger partial charge in [-0.2, -0.15) is 0 Å². The third kappa shape index (κ3) is 25.1. The highest BCUT2D eigenvalue weighted by molar-refractivity contribution is 8.76. The van der Waals surface area contributed by atoms with Crippen molar-refractivity contribution in [3.8, 4) is 0 Å². The number of amides is 11. The lowest BCUT2D eigenvalue weighted by atomic mass is 9.97. The van der Waals surface area contributed by atoms with E-state index in [-0.39, 0.29) is 117 Å². The number of halogens is 2. The van der Waals surface area contributed by atoms with Crippen LogP contribution in [0.1, 0.15) is 101 Å². The van der Waals surface area contributed by atoms with Crippen LogP contribution in [-0.2, 0) is 86.4 Å². The molecular formula is C66H89Cl2N19O16S2. The fourth-order valence-electron chi connectivity index (χ4n) is 12.3. The van der Waals surface area contributed by atoms with Crippen molar-refractivity contribution in [3.05, 3.63) is 88.1 Å². The molecule has 2 aromatic carbocycles. The largest absolute Gasteiger partial charge is 0.481 e. The normalized spacial score (nSPS) is 22.7. The minimum Gasteiger partial charge on any atom is -0.481 e. The number of Topliss-reactive ketones (excluding diaryl/α,β-unsaturated/α-hetero) is 1. The van der Waals surface area contributed by atoms with Crippen molar-refractivity contribution in [2.24, 2.45) is 27.9 Å². The molecule has 3 aliphatic heterocycles. The number of aliphatic imine (C=N–C) groups is 1. The number of aliphatic carboxylic acids is 2. The Morgan fingerprint density at radius 3 is 1.98 bits per heavy atom. The number of hydrogen-bond acceptors (Lipinski definition) is 20. The fraction of sp³-hybridized carbons (Fsp3) is 0.515. The molecule has 21 N–H and O–H groups in total. The molecule has 0 saturated carbocycles. The summed E-state index contributed by atoms with van der Waals surface area (Å²) >= 11 is 12.7. The summed E-state index contributed by atoms with van der Waals surface area (Å²) in [6.45, 7) is 0.552. The Balaban J connectivity index is 1.25. The minimum absolute atomic E-state index is 0.0132. The zero-order chi connectivity index (χ0) is 76.4. The van der Waals surface area contributed by atoms with E-state index in [0.29, 0.717) is 41.3 Å². The maximum absolute atomic E-state index is 15.2. The van der Waals surface area contributed by atoms with Gasteiger partial charge in [0.1, 0.15) is 48.3 Å². The third-order valence-corrected chi connectivity index (χ3v) is 20.7. The van der Waals surface area contributed by atoms with Crippen LogP contribution in [0.2, 0.25) is 10.0 Å². The van der Waals surface area contributed by atoms with E-state index in [0.717, 1.165) is 28.5 Å². The maximum Gasteiger partial charge on any atom is 0.305 e. The first-order chi connectivity index (χ1) is 50.1. The number of aromatic amines is 2. The number of unbranched alkanes of at least 4 members (excludes halogenated alkanes) is 1. The first-order valence-corrected chi connectivity index (χ1v) is 37.3. The van der Waals surface area contributed by atoms with E-state index in [1.807, 2.05) is 0 Å². The Hall–Kier alpha value is -9.56. The van der Waals surface area contributed by atoms with E-state index in [1.165, 1.54) is 40.5 Å². The van der Waals surface area contributed by atoms with Crippen molar-refractivity contribution in [2.75, 3.05) is 44.2 Å². The standard InChI is InChI=1S/C66H89Cl2N19O16S2/c1-34(88)78-49-31-104-105-32-50(64(102)87-22-8-14-52(87)65(103)86-21-7-13-51(86)56(94)43(11-4-5-19-69)80-57(95)41(70)27-55(92)93)79-53(89)30-76-58(96)47(25-36-28-75-42-10-3-2-9-38(36)42)84-59(97)44(12-6-20-74-66(71)72)81-61(99)46(24-35-15-16-39(67)40(68)23-35)83-62(100)48(26-37-29-73-33-77-37)85-60(98)45(82-63(49)101)17-18-54(90)91/h2-3,9-10,15-16,23,28-29,33,41,43-52,75H,4-8,11-14,17-22,24-27,30-32,69-70H2,1H3,(H,73,77)(H,76,96)(H,78,88)(H,79,89)(H,80,95)(H,81,99)(H,82,101)(H,83,100)(H,84,97)(H,85,98)(H,90,91)(H,92,93)(H4,71,72,74)/t41-,43-,44-,45+,46-,47+,48-,49+,50-,51-,52-/m0/s1. The minimum atomic E-state index is -1.72. The summed E-state index contributed by atoms with van der Waals surface area (Å²) in [4.78, 5) is 214. The van der Waals surface area contributed by atoms with Crippen LogP contribution >= 0.6 is 44.8 Å². The molecule has 3 fully saturated rings. The molecule has 570 valence electrons. The molecule has 0 bridgehead atoms. The van der Waals surface area contributed by atoms with E-state index in [2.05, 4.69) is 67.8 Å². The lowest BCUT2D eigenvalue weighted by molar-refractivity contribution is -0.147. The average Bonchev–Trinajstić information content (AvgIpc) is 1.63. The number of H-pyrrole nitrogens is 2. The second kappa shape index (κ2) is 40.6. The van der Waals surface area contributed by atoms with Crippen molar-refractivity contribution in [1.82, 2.24) is 72.6 Å². The Morgan fingerprint density at radius 2 is 1.33 bits per heavy atom. The molecule has 5 heterocycles. The van der Waals surface area contributed by atoms with Crippen LogP contribution in [0.5, 0.6) is 0 Å². The highest BCUT2D eigenvalue weighted by Gasteiger charge is 2.46. The van der Waals surface area contributed by atoms with E-state index in [9.17, 15) is 63.0 Å². The fourth-order valence-corrected chi connectivity index (χ4v) is 14.9. The van der Waals surface area contributed by atoms with Crippen LogP contribution < -0.4 is 70.8 Å². The number of nitrogens with two attached hydrogens (primary N) is 4. The number of rotatable bonds is 26. The number of carbonyl (C=O) groups excluding carboxylic acids is 12. The molecule has 0 radical (unpaired) electrons. The number of nitrogens with zero attached hydrogens (tertiary/aromatic N) is 4. The molecule has 11 atom stereocenters. The second-order valence-electron chi connectivity index (χ2n) is 25.5. The van der Waals surface area contributed by atoms with Crippen LogP contribution in [0.25, 0.3) is 10.9 Å². The summed E-state index contributed by atoms with van der Waals surface area (Å²) in [6, 6.07) is -4.55. The number of guanidine groups is 1. The van der Waals surface area contributed by atoms with Crippen molar-refractivity contribution in [2.45, 2.75) is 170 Å². The number of likely N-dealkylation sites (tertiary alicyclic amines) is 2. The summed E-state index contributed by atoms with van der Waals surface area (Å²) in [5.74, 6) is -14.1. The highest BCUT2D eigenvalue weighted by Crippen LogP contribution is 2.30. The lowest BCUT2D eigenvalue weighted by Gasteiger charge is -2.34. The predicted octanol–water partition coefficient (Wildman–Crippen LogP) is -1.96. The SMILES string of the molecule is CC(=O)N[C@@H]1CSSC[C@@H](C(=O)N2CCC[C@H]2C(=O)N2CCC[C@H]2C(=O)[C@H](CCCCN)NC(=O)[C@@H](N)CC(=O)O)NC(=O)CNC(=O)[C@@H](Cc2c[nH]c3ccccc23)NC(=O)[C@H](CCCN=C(N)N)NC(=O)[C@H](Cc2ccc(Cl)c(Cl)c2)NC(=O)[C@H](Cc2cnc[nH]2)NC(=O)[C@@H](CCC(=O)O)NC1=O. The number of ketones is 1. The third-order valence-electron chi connectivity index (χ3n) is 17.6. The molecule has 4 aromatic rings.